The quantitative estimate of drug-likeness (QED) is 0.469. The lowest BCUT2D eigenvalue weighted by atomic mass is 9.96. The Kier molecular flexibility index (Phi) is 5.52. The van der Waals surface area contributed by atoms with Crippen LogP contribution < -0.4 is 14.8 Å². The Bertz CT molecular complexity index is 587. The highest BCUT2D eigenvalue weighted by Gasteiger charge is 2.31. The smallest absolute Gasteiger partial charge is 0.278 e. The molecule has 0 saturated carbocycles. The minimum atomic E-state index is -0.299. The van der Waals surface area contributed by atoms with Gasteiger partial charge >= 0.3 is 0 Å². The Hall–Kier alpha value is -1.86. The van der Waals surface area contributed by atoms with Gasteiger partial charge in [-0.05, 0) is 12.5 Å². The first-order valence-corrected chi connectivity index (χ1v) is 8.73. The predicted octanol–water partition coefficient (Wildman–Crippen LogP) is 2.85. The van der Waals surface area contributed by atoms with Gasteiger partial charge in [-0.25, -0.2) is 0 Å². The van der Waals surface area contributed by atoms with Crippen molar-refractivity contribution in [1.82, 2.24) is 10.2 Å². The van der Waals surface area contributed by atoms with E-state index in [9.17, 15) is 10.1 Å². The lowest BCUT2D eigenvalue weighted by Gasteiger charge is -2.35. The fraction of sp³-hybridized carbons (Fsp3) is 0.647. The molecule has 2 aliphatic rings. The first-order valence-electron chi connectivity index (χ1n) is 8.73. The van der Waals surface area contributed by atoms with Gasteiger partial charge in [0.25, 0.3) is 5.69 Å². The molecule has 2 aliphatic heterocycles. The van der Waals surface area contributed by atoms with Crippen molar-refractivity contribution in [3.63, 3.8) is 0 Å². The molecule has 1 aromatic carbocycles. The maximum absolute atomic E-state index is 11.6. The van der Waals surface area contributed by atoms with Gasteiger partial charge in [0.15, 0.2) is 11.5 Å². The van der Waals surface area contributed by atoms with Gasteiger partial charge in [0.05, 0.1) is 16.6 Å². The van der Waals surface area contributed by atoms with E-state index in [1.165, 1.54) is 6.07 Å². The molecule has 1 fully saturated rings. The summed E-state index contributed by atoms with van der Waals surface area (Å²) < 4.78 is 10.8. The molecule has 7 nitrogen and oxygen atoms in total. The Labute approximate surface area is 142 Å². The standard InChI is InChI=1S/C17H25N3O4/c1-2-3-4-5-14(19-8-6-18-7-9-19)13-10-16-17(24-12-23-16)11-15(13)20(21)22/h10-11,14,18H,2-9,12H2,1H3/t14-/m0/s1. The molecule has 3 rings (SSSR count). The van der Waals surface area contributed by atoms with Crippen molar-refractivity contribution in [3.05, 3.63) is 27.8 Å². The number of hydrogen-bond acceptors (Lipinski definition) is 6. The number of nitro benzene ring substituents is 1. The van der Waals surface area contributed by atoms with Crippen molar-refractivity contribution in [2.45, 2.75) is 38.6 Å². The van der Waals surface area contributed by atoms with Gasteiger partial charge in [0, 0.05) is 32.2 Å². The van der Waals surface area contributed by atoms with Crippen LogP contribution in [0.15, 0.2) is 12.1 Å². The highest BCUT2D eigenvalue weighted by atomic mass is 16.7. The van der Waals surface area contributed by atoms with Crippen molar-refractivity contribution in [2.24, 2.45) is 0 Å². The molecule has 1 saturated heterocycles. The molecule has 0 aliphatic carbocycles. The van der Waals surface area contributed by atoms with Crippen molar-refractivity contribution in [2.75, 3.05) is 33.0 Å². The molecule has 0 unspecified atom stereocenters. The van der Waals surface area contributed by atoms with E-state index >= 15 is 0 Å². The van der Waals surface area contributed by atoms with E-state index in [-0.39, 0.29) is 23.4 Å². The number of hydrogen-bond donors (Lipinski definition) is 1. The molecule has 0 radical (unpaired) electrons. The van der Waals surface area contributed by atoms with Gasteiger partial charge in [-0.3, -0.25) is 15.0 Å². The Morgan fingerprint density at radius 2 is 1.96 bits per heavy atom. The maximum atomic E-state index is 11.6. The molecule has 7 heteroatoms. The molecule has 2 heterocycles. The van der Waals surface area contributed by atoms with Gasteiger partial charge in [-0.1, -0.05) is 26.2 Å². The van der Waals surface area contributed by atoms with Crippen LogP contribution in [0.3, 0.4) is 0 Å². The molecule has 1 aromatic rings. The lowest BCUT2D eigenvalue weighted by molar-refractivity contribution is -0.386. The Morgan fingerprint density at radius 3 is 2.62 bits per heavy atom. The highest BCUT2D eigenvalue weighted by Crippen LogP contribution is 2.42. The van der Waals surface area contributed by atoms with Crippen LogP contribution in [0.4, 0.5) is 5.69 Å². The number of nitro groups is 1. The third-order valence-electron chi connectivity index (χ3n) is 4.75. The normalized spacial score (nSPS) is 18.5. The summed E-state index contributed by atoms with van der Waals surface area (Å²) in [7, 11) is 0. The van der Waals surface area contributed by atoms with Crippen LogP contribution in [0.2, 0.25) is 0 Å². The fourth-order valence-corrected chi connectivity index (χ4v) is 3.49. The van der Waals surface area contributed by atoms with E-state index in [1.807, 2.05) is 6.07 Å². The molecule has 132 valence electrons. The minimum Gasteiger partial charge on any atom is -0.454 e. The second-order valence-electron chi connectivity index (χ2n) is 6.32. The number of nitrogens with zero attached hydrogens (tertiary/aromatic N) is 2. The summed E-state index contributed by atoms with van der Waals surface area (Å²) in [5, 5.41) is 15.0. The fourth-order valence-electron chi connectivity index (χ4n) is 3.49. The molecule has 0 amide bonds. The van der Waals surface area contributed by atoms with Crippen LogP contribution in [0.25, 0.3) is 0 Å². The Morgan fingerprint density at radius 1 is 1.25 bits per heavy atom. The first-order chi connectivity index (χ1) is 11.7. The van der Waals surface area contributed by atoms with Gasteiger partial charge in [-0.2, -0.15) is 0 Å². The molecule has 0 aromatic heterocycles. The van der Waals surface area contributed by atoms with E-state index in [0.717, 1.165) is 57.4 Å². The van der Waals surface area contributed by atoms with Crippen LogP contribution in [-0.2, 0) is 0 Å². The van der Waals surface area contributed by atoms with Gasteiger partial charge in [0.1, 0.15) is 0 Å². The SMILES string of the molecule is CCCCC[C@@H](c1cc2c(cc1[N+](=O)[O-])OCO2)N1CCNCC1. The Balaban J connectivity index is 1.94. The number of rotatable bonds is 7. The summed E-state index contributed by atoms with van der Waals surface area (Å²) in [6.45, 7) is 5.95. The van der Waals surface area contributed by atoms with Crippen molar-refractivity contribution in [1.29, 1.82) is 0 Å². The van der Waals surface area contributed by atoms with Crippen LogP contribution >= 0.6 is 0 Å². The summed E-state index contributed by atoms with van der Waals surface area (Å²) in [5.74, 6) is 1.09. The summed E-state index contributed by atoms with van der Waals surface area (Å²) in [6, 6.07) is 3.39. The van der Waals surface area contributed by atoms with E-state index in [2.05, 4.69) is 17.1 Å². The number of unbranched alkanes of at least 4 members (excludes halogenated alkanes) is 2. The number of benzene rings is 1. The zero-order chi connectivity index (χ0) is 16.9. The monoisotopic (exact) mass is 335 g/mol. The van der Waals surface area contributed by atoms with E-state index in [4.69, 9.17) is 9.47 Å². The van der Waals surface area contributed by atoms with Crippen molar-refractivity contribution >= 4 is 5.69 Å². The summed E-state index contributed by atoms with van der Waals surface area (Å²) >= 11 is 0. The van der Waals surface area contributed by atoms with Crippen LogP contribution in [0, 0.1) is 10.1 Å². The van der Waals surface area contributed by atoms with E-state index in [1.54, 1.807) is 0 Å². The van der Waals surface area contributed by atoms with Crippen molar-refractivity contribution < 1.29 is 14.4 Å². The van der Waals surface area contributed by atoms with Crippen LogP contribution in [0.1, 0.15) is 44.2 Å². The second-order valence-corrected chi connectivity index (χ2v) is 6.32. The minimum absolute atomic E-state index is 0.0496. The third kappa shape index (κ3) is 3.62. The molecular weight excluding hydrogens is 310 g/mol. The van der Waals surface area contributed by atoms with Crippen LogP contribution in [-0.4, -0.2) is 42.8 Å². The van der Waals surface area contributed by atoms with E-state index < -0.39 is 0 Å². The molecule has 24 heavy (non-hydrogen) atoms. The maximum Gasteiger partial charge on any atom is 0.278 e. The average molecular weight is 335 g/mol. The summed E-state index contributed by atoms with van der Waals surface area (Å²) in [4.78, 5) is 13.7. The van der Waals surface area contributed by atoms with Gasteiger partial charge in [-0.15, -0.1) is 0 Å². The third-order valence-corrected chi connectivity index (χ3v) is 4.75. The number of ether oxygens (including phenoxy) is 2. The zero-order valence-electron chi connectivity index (χ0n) is 14.1. The largest absolute Gasteiger partial charge is 0.454 e. The lowest BCUT2D eigenvalue weighted by Crippen LogP contribution is -2.45. The molecule has 0 bridgehead atoms. The highest BCUT2D eigenvalue weighted by molar-refractivity contribution is 5.56. The second kappa shape index (κ2) is 7.81. The number of piperazine rings is 1. The molecule has 1 atom stereocenters. The average Bonchev–Trinajstić information content (AvgIpc) is 3.06. The summed E-state index contributed by atoms with van der Waals surface area (Å²) in [5.41, 5.74) is 0.890. The van der Waals surface area contributed by atoms with Gasteiger partial charge < -0.3 is 14.8 Å². The zero-order valence-corrected chi connectivity index (χ0v) is 14.1. The first kappa shape index (κ1) is 17.0. The van der Waals surface area contributed by atoms with Crippen LogP contribution in [0.5, 0.6) is 11.5 Å². The molecule has 0 spiro atoms. The van der Waals surface area contributed by atoms with E-state index in [0.29, 0.717) is 11.5 Å². The topological polar surface area (TPSA) is 76.9 Å². The predicted molar refractivity (Wildman–Crippen MR) is 90.5 cm³/mol. The van der Waals surface area contributed by atoms with Gasteiger partial charge in [0.2, 0.25) is 6.79 Å². The summed E-state index contributed by atoms with van der Waals surface area (Å²) in [6.07, 6.45) is 4.27. The van der Waals surface area contributed by atoms with Crippen molar-refractivity contribution in [3.8, 4) is 11.5 Å². The molecular formula is C17H25N3O4. The number of fused-ring (bicyclic) bond motifs is 1. The molecule has 1 N–H and O–H groups in total. The number of nitrogens with one attached hydrogen (secondary N) is 1.